The van der Waals surface area contributed by atoms with Gasteiger partial charge in [-0.3, -0.25) is 9.59 Å². The van der Waals surface area contributed by atoms with Crippen molar-refractivity contribution in [1.82, 2.24) is 9.47 Å². The van der Waals surface area contributed by atoms with Gasteiger partial charge >= 0.3 is 0 Å². The normalized spacial score (nSPS) is 17.5. The van der Waals surface area contributed by atoms with Gasteiger partial charge in [0.15, 0.2) is 0 Å². The molecule has 0 N–H and O–H groups in total. The van der Waals surface area contributed by atoms with E-state index in [1.54, 1.807) is 19.3 Å². The highest BCUT2D eigenvalue weighted by atomic mass is 19.1. The number of carbonyl (C=O) groups is 1. The fourth-order valence-corrected chi connectivity index (χ4v) is 3.37. The molecule has 132 valence electrons. The minimum Gasteiger partial charge on any atom is -0.338 e. The standard InChI is InChI=1S/C20H23FN2O2/c1-22-12-10-17(13-19(22)24)20(25)23-11-2-3-16(14-23)5-4-15-6-8-18(21)9-7-15/h6-10,12-13,16H,2-5,11,14H2,1H3/t16-/m0/s1. The first kappa shape index (κ1) is 17.4. The third-order valence-electron chi connectivity index (χ3n) is 4.91. The highest BCUT2D eigenvalue weighted by Gasteiger charge is 2.24. The molecule has 0 bridgehead atoms. The van der Waals surface area contributed by atoms with Gasteiger partial charge in [-0.2, -0.15) is 0 Å². The van der Waals surface area contributed by atoms with Gasteiger partial charge in [0.2, 0.25) is 0 Å². The second-order valence-electron chi connectivity index (χ2n) is 6.79. The van der Waals surface area contributed by atoms with E-state index < -0.39 is 0 Å². The van der Waals surface area contributed by atoms with Gasteiger partial charge in [-0.1, -0.05) is 12.1 Å². The van der Waals surface area contributed by atoms with E-state index in [9.17, 15) is 14.0 Å². The van der Waals surface area contributed by atoms with Crippen LogP contribution in [0.2, 0.25) is 0 Å². The van der Waals surface area contributed by atoms with Gasteiger partial charge in [0.25, 0.3) is 11.5 Å². The van der Waals surface area contributed by atoms with E-state index in [4.69, 9.17) is 0 Å². The molecular weight excluding hydrogens is 319 g/mol. The summed E-state index contributed by atoms with van der Waals surface area (Å²) >= 11 is 0. The topological polar surface area (TPSA) is 42.3 Å². The van der Waals surface area contributed by atoms with Crippen LogP contribution in [0.3, 0.4) is 0 Å². The number of rotatable bonds is 4. The quantitative estimate of drug-likeness (QED) is 0.857. The van der Waals surface area contributed by atoms with E-state index in [1.807, 2.05) is 17.0 Å². The smallest absolute Gasteiger partial charge is 0.254 e. The molecule has 0 saturated carbocycles. The maximum Gasteiger partial charge on any atom is 0.254 e. The van der Waals surface area contributed by atoms with Crippen molar-refractivity contribution in [3.63, 3.8) is 0 Å². The Labute approximate surface area is 146 Å². The second-order valence-corrected chi connectivity index (χ2v) is 6.79. The van der Waals surface area contributed by atoms with E-state index >= 15 is 0 Å². The molecule has 25 heavy (non-hydrogen) atoms. The van der Waals surface area contributed by atoms with Crippen LogP contribution < -0.4 is 5.56 Å². The zero-order valence-corrected chi connectivity index (χ0v) is 14.5. The van der Waals surface area contributed by atoms with Gasteiger partial charge in [-0.25, -0.2) is 4.39 Å². The Morgan fingerprint density at radius 2 is 2.00 bits per heavy atom. The number of amides is 1. The molecule has 1 atom stereocenters. The molecule has 1 amide bonds. The van der Waals surface area contributed by atoms with E-state index in [-0.39, 0.29) is 17.3 Å². The molecule has 1 aromatic carbocycles. The zero-order chi connectivity index (χ0) is 17.8. The van der Waals surface area contributed by atoms with Crippen LogP contribution in [-0.2, 0) is 13.5 Å². The van der Waals surface area contributed by atoms with Gasteiger partial charge in [0, 0.05) is 38.0 Å². The van der Waals surface area contributed by atoms with Crippen LogP contribution in [0.15, 0.2) is 47.4 Å². The van der Waals surface area contributed by atoms with E-state index in [2.05, 4.69) is 0 Å². The molecule has 0 radical (unpaired) electrons. The van der Waals surface area contributed by atoms with Crippen LogP contribution >= 0.6 is 0 Å². The second kappa shape index (κ2) is 7.64. The Balaban J connectivity index is 1.60. The lowest BCUT2D eigenvalue weighted by Crippen LogP contribution is -2.40. The van der Waals surface area contributed by atoms with Crippen LogP contribution in [0.5, 0.6) is 0 Å². The Hall–Kier alpha value is -2.43. The summed E-state index contributed by atoms with van der Waals surface area (Å²) in [5.41, 5.74) is 1.41. The third kappa shape index (κ3) is 4.35. The minimum atomic E-state index is -0.216. The van der Waals surface area contributed by atoms with Crippen molar-refractivity contribution in [2.75, 3.05) is 13.1 Å². The van der Waals surface area contributed by atoms with Crippen LogP contribution in [0.25, 0.3) is 0 Å². The Bertz CT molecular complexity index is 798. The first-order valence-corrected chi connectivity index (χ1v) is 8.73. The molecule has 2 heterocycles. The number of aryl methyl sites for hydroxylation is 2. The van der Waals surface area contributed by atoms with Crippen molar-refractivity contribution in [2.45, 2.75) is 25.7 Å². The highest BCUT2D eigenvalue weighted by Crippen LogP contribution is 2.23. The summed E-state index contributed by atoms with van der Waals surface area (Å²) in [5.74, 6) is 0.158. The van der Waals surface area contributed by atoms with Crippen molar-refractivity contribution in [3.8, 4) is 0 Å². The molecule has 3 rings (SSSR count). The minimum absolute atomic E-state index is 0.0656. The Morgan fingerprint density at radius 1 is 1.24 bits per heavy atom. The molecule has 1 aliphatic rings. The maximum absolute atomic E-state index is 13.0. The highest BCUT2D eigenvalue weighted by molar-refractivity contribution is 5.94. The number of piperidine rings is 1. The average molecular weight is 342 g/mol. The number of carbonyl (C=O) groups excluding carboxylic acids is 1. The van der Waals surface area contributed by atoms with Crippen LogP contribution in [0.4, 0.5) is 4.39 Å². The van der Waals surface area contributed by atoms with Gasteiger partial charge in [0.05, 0.1) is 0 Å². The molecule has 0 aliphatic carbocycles. The molecule has 5 heteroatoms. The lowest BCUT2D eigenvalue weighted by molar-refractivity contribution is 0.0668. The summed E-state index contributed by atoms with van der Waals surface area (Å²) in [6.45, 7) is 1.45. The number of hydrogen-bond donors (Lipinski definition) is 0. The summed E-state index contributed by atoms with van der Waals surface area (Å²) in [7, 11) is 1.67. The van der Waals surface area contributed by atoms with Crippen LogP contribution in [0.1, 0.15) is 35.2 Å². The number of nitrogens with zero attached hydrogens (tertiary/aromatic N) is 2. The average Bonchev–Trinajstić information content (AvgIpc) is 2.63. The predicted octanol–water partition coefficient (Wildman–Crippen LogP) is 3.01. The summed E-state index contributed by atoms with van der Waals surface area (Å²) in [6.07, 6.45) is 5.57. The SMILES string of the molecule is Cn1ccc(C(=O)N2CCC[C@@H](CCc3ccc(F)cc3)C2)cc1=O. The fraction of sp³-hybridized carbons (Fsp3) is 0.400. The molecule has 1 aromatic heterocycles. The number of halogens is 1. The molecule has 1 aliphatic heterocycles. The van der Waals surface area contributed by atoms with Crippen molar-refractivity contribution < 1.29 is 9.18 Å². The molecular formula is C20H23FN2O2. The van der Waals surface area contributed by atoms with Gasteiger partial charge in [-0.15, -0.1) is 0 Å². The monoisotopic (exact) mass is 342 g/mol. The lowest BCUT2D eigenvalue weighted by atomic mass is 9.91. The summed E-state index contributed by atoms with van der Waals surface area (Å²) in [6, 6.07) is 9.72. The lowest BCUT2D eigenvalue weighted by Gasteiger charge is -2.33. The van der Waals surface area contributed by atoms with Gasteiger partial charge < -0.3 is 9.47 Å². The van der Waals surface area contributed by atoms with E-state index in [0.29, 0.717) is 11.5 Å². The predicted molar refractivity (Wildman–Crippen MR) is 95.0 cm³/mol. The zero-order valence-electron chi connectivity index (χ0n) is 14.5. The third-order valence-corrected chi connectivity index (χ3v) is 4.91. The Morgan fingerprint density at radius 3 is 2.72 bits per heavy atom. The number of pyridine rings is 1. The van der Waals surface area contributed by atoms with E-state index in [1.165, 1.54) is 22.8 Å². The molecule has 0 spiro atoms. The summed E-state index contributed by atoms with van der Waals surface area (Å²) in [5, 5.41) is 0. The number of benzene rings is 1. The first-order chi connectivity index (χ1) is 12.0. The van der Waals surface area contributed by atoms with Crippen molar-refractivity contribution in [3.05, 3.63) is 69.9 Å². The molecule has 1 saturated heterocycles. The molecule has 1 fully saturated rings. The van der Waals surface area contributed by atoms with Crippen LogP contribution in [0, 0.1) is 11.7 Å². The number of hydrogen-bond acceptors (Lipinski definition) is 2. The van der Waals surface area contributed by atoms with Gasteiger partial charge in [0.1, 0.15) is 5.82 Å². The largest absolute Gasteiger partial charge is 0.338 e. The Kier molecular flexibility index (Phi) is 5.31. The summed E-state index contributed by atoms with van der Waals surface area (Å²) < 4.78 is 14.4. The van der Waals surface area contributed by atoms with Crippen molar-refractivity contribution in [1.29, 1.82) is 0 Å². The number of likely N-dealkylation sites (tertiary alicyclic amines) is 1. The fourth-order valence-electron chi connectivity index (χ4n) is 3.37. The molecule has 4 nitrogen and oxygen atoms in total. The first-order valence-electron chi connectivity index (χ1n) is 8.73. The molecule has 2 aromatic rings. The molecule has 0 unspecified atom stereocenters. The van der Waals surface area contributed by atoms with Crippen molar-refractivity contribution >= 4 is 5.91 Å². The van der Waals surface area contributed by atoms with E-state index in [0.717, 1.165) is 44.3 Å². The summed E-state index contributed by atoms with van der Waals surface area (Å²) in [4.78, 5) is 26.3. The van der Waals surface area contributed by atoms with Gasteiger partial charge in [-0.05, 0) is 55.4 Å². The maximum atomic E-state index is 13.0. The van der Waals surface area contributed by atoms with Crippen LogP contribution in [-0.4, -0.2) is 28.5 Å². The number of aromatic nitrogens is 1. The van der Waals surface area contributed by atoms with Crippen molar-refractivity contribution in [2.24, 2.45) is 13.0 Å².